The third kappa shape index (κ3) is 4.85. The molecule has 2 nitrogen and oxygen atoms in total. The van der Waals surface area contributed by atoms with Gasteiger partial charge in [-0.15, -0.1) is 0 Å². The van der Waals surface area contributed by atoms with E-state index in [0.717, 1.165) is 17.3 Å². The van der Waals surface area contributed by atoms with Gasteiger partial charge in [0.1, 0.15) is 0 Å². The summed E-state index contributed by atoms with van der Waals surface area (Å²) in [6.45, 7) is 4.16. The first-order valence-corrected chi connectivity index (χ1v) is 7.93. The highest BCUT2D eigenvalue weighted by Gasteiger charge is 2.33. The second-order valence-corrected chi connectivity index (χ2v) is 6.23. The highest BCUT2D eigenvalue weighted by atomic mass is 35.5. The predicted molar refractivity (Wildman–Crippen MR) is 95.4 cm³/mol. The second-order valence-electron chi connectivity index (χ2n) is 5.42. The number of benzene rings is 2. The normalized spacial score (nSPS) is 11.2. The number of hydrogen-bond acceptors (Lipinski definition) is 1. The van der Waals surface area contributed by atoms with Crippen LogP contribution in [-0.4, -0.2) is 5.11 Å². The van der Waals surface area contributed by atoms with Crippen LogP contribution in [0.3, 0.4) is 0 Å². The zero-order chi connectivity index (χ0) is 17.9. The van der Waals surface area contributed by atoms with Crippen LogP contribution in [-0.2, 0) is 12.7 Å². The van der Waals surface area contributed by atoms with Gasteiger partial charge in [-0.25, -0.2) is 0 Å². The van der Waals surface area contributed by atoms with E-state index in [-0.39, 0.29) is 11.6 Å². The SMILES string of the molecule is Cc1ccc(NC(=S)NCc2ccc(Cl)c(C(F)(F)F)c2)cc1C. The Labute approximate surface area is 149 Å². The summed E-state index contributed by atoms with van der Waals surface area (Å²) in [7, 11) is 0. The van der Waals surface area contributed by atoms with Crippen molar-refractivity contribution in [1.82, 2.24) is 5.32 Å². The van der Waals surface area contributed by atoms with Crippen LogP contribution >= 0.6 is 23.8 Å². The molecule has 0 heterocycles. The molecule has 2 aromatic carbocycles. The van der Waals surface area contributed by atoms with Crippen LogP contribution in [0, 0.1) is 13.8 Å². The van der Waals surface area contributed by atoms with Gasteiger partial charge in [-0.3, -0.25) is 0 Å². The van der Waals surface area contributed by atoms with Gasteiger partial charge in [-0.05, 0) is 67.0 Å². The molecule has 0 bridgehead atoms. The third-order valence-corrected chi connectivity index (χ3v) is 4.13. The monoisotopic (exact) mass is 372 g/mol. The fourth-order valence-corrected chi connectivity index (χ4v) is 2.49. The molecule has 0 aromatic heterocycles. The maximum absolute atomic E-state index is 12.8. The first kappa shape index (κ1) is 18.5. The lowest BCUT2D eigenvalue weighted by Crippen LogP contribution is -2.28. The van der Waals surface area contributed by atoms with Gasteiger partial charge in [0, 0.05) is 12.2 Å². The lowest BCUT2D eigenvalue weighted by Gasteiger charge is -2.14. The van der Waals surface area contributed by atoms with Crippen molar-refractivity contribution < 1.29 is 13.2 Å². The van der Waals surface area contributed by atoms with Gasteiger partial charge in [-0.2, -0.15) is 13.2 Å². The van der Waals surface area contributed by atoms with Gasteiger partial charge in [0.15, 0.2) is 5.11 Å². The zero-order valence-corrected chi connectivity index (χ0v) is 14.7. The lowest BCUT2D eigenvalue weighted by molar-refractivity contribution is -0.137. The van der Waals surface area contributed by atoms with E-state index in [9.17, 15) is 13.2 Å². The van der Waals surface area contributed by atoms with Crippen molar-refractivity contribution in [1.29, 1.82) is 0 Å². The molecule has 2 aromatic rings. The molecule has 0 unspecified atom stereocenters. The molecule has 0 aliphatic heterocycles. The summed E-state index contributed by atoms with van der Waals surface area (Å²) < 4.78 is 38.5. The van der Waals surface area contributed by atoms with E-state index in [4.69, 9.17) is 23.8 Å². The Morgan fingerprint density at radius 3 is 2.42 bits per heavy atom. The minimum atomic E-state index is -4.48. The maximum Gasteiger partial charge on any atom is 0.417 e. The summed E-state index contributed by atoms with van der Waals surface area (Å²) in [5.41, 5.74) is 2.70. The van der Waals surface area contributed by atoms with Gasteiger partial charge in [0.05, 0.1) is 10.6 Å². The smallest absolute Gasteiger partial charge is 0.358 e. The average molecular weight is 373 g/mol. The number of halogens is 4. The molecule has 128 valence electrons. The van der Waals surface area contributed by atoms with E-state index in [1.165, 1.54) is 17.7 Å². The Hall–Kier alpha value is -1.79. The molecule has 0 aliphatic rings. The summed E-state index contributed by atoms with van der Waals surface area (Å²) in [6.07, 6.45) is -4.48. The Morgan fingerprint density at radius 2 is 1.79 bits per heavy atom. The molecule has 24 heavy (non-hydrogen) atoms. The van der Waals surface area contributed by atoms with Crippen LogP contribution in [0.5, 0.6) is 0 Å². The quantitative estimate of drug-likeness (QED) is 0.699. The van der Waals surface area contributed by atoms with Crippen LogP contribution in [0.4, 0.5) is 18.9 Å². The number of thiocarbonyl (C=S) groups is 1. The third-order valence-electron chi connectivity index (χ3n) is 3.55. The zero-order valence-electron chi connectivity index (χ0n) is 13.1. The van der Waals surface area contributed by atoms with Crippen LogP contribution in [0.25, 0.3) is 0 Å². The molecule has 2 rings (SSSR count). The highest BCUT2D eigenvalue weighted by molar-refractivity contribution is 7.80. The Balaban J connectivity index is 2.00. The Kier molecular flexibility index (Phi) is 5.72. The number of aryl methyl sites for hydroxylation is 2. The molecule has 0 saturated heterocycles. The van der Waals surface area contributed by atoms with E-state index < -0.39 is 11.7 Å². The van der Waals surface area contributed by atoms with Gasteiger partial charge < -0.3 is 10.6 Å². The average Bonchev–Trinajstić information content (AvgIpc) is 2.49. The number of anilines is 1. The van der Waals surface area contributed by atoms with Gasteiger partial charge in [-0.1, -0.05) is 23.7 Å². The van der Waals surface area contributed by atoms with Crippen molar-refractivity contribution in [2.75, 3.05) is 5.32 Å². The predicted octanol–water partition coefficient (Wildman–Crippen LogP) is 5.46. The summed E-state index contributed by atoms with van der Waals surface area (Å²) in [5, 5.41) is 5.92. The van der Waals surface area contributed by atoms with Crippen LogP contribution in [0.2, 0.25) is 5.02 Å². The first-order valence-electron chi connectivity index (χ1n) is 7.14. The second kappa shape index (κ2) is 7.40. The van der Waals surface area contributed by atoms with Crippen molar-refractivity contribution in [3.05, 3.63) is 63.7 Å². The fraction of sp³-hybridized carbons (Fsp3) is 0.235. The molecule has 0 radical (unpaired) electrons. The number of rotatable bonds is 3. The minimum absolute atomic E-state index is 0.164. The van der Waals surface area contributed by atoms with E-state index in [0.29, 0.717) is 10.7 Å². The van der Waals surface area contributed by atoms with Gasteiger partial charge in [0.25, 0.3) is 0 Å². The topological polar surface area (TPSA) is 24.1 Å². The minimum Gasteiger partial charge on any atom is -0.358 e. The highest BCUT2D eigenvalue weighted by Crippen LogP contribution is 2.35. The van der Waals surface area contributed by atoms with Crippen LogP contribution in [0.1, 0.15) is 22.3 Å². The molecule has 7 heteroatoms. The summed E-state index contributed by atoms with van der Waals surface area (Å²) in [4.78, 5) is 0. The van der Waals surface area contributed by atoms with Gasteiger partial charge in [0.2, 0.25) is 0 Å². The molecule has 0 fully saturated rings. The number of nitrogens with one attached hydrogen (secondary N) is 2. The Morgan fingerprint density at radius 1 is 1.08 bits per heavy atom. The summed E-state index contributed by atoms with van der Waals surface area (Å²) in [5.74, 6) is 0. The lowest BCUT2D eigenvalue weighted by atomic mass is 10.1. The van der Waals surface area contributed by atoms with E-state index in [2.05, 4.69) is 10.6 Å². The molecular formula is C17H16ClF3N2S. The number of alkyl halides is 3. The van der Waals surface area contributed by atoms with E-state index in [1.54, 1.807) is 0 Å². The fourth-order valence-electron chi connectivity index (χ4n) is 2.08. The largest absolute Gasteiger partial charge is 0.417 e. The van der Waals surface area contributed by atoms with E-state index in [1.807, 2.05) is 32.0 Å². The van der Waals surface area contributed by atoms with Crippen molar-refractivity contribution in [2.24, 2.45) is 0 Å². The van der Waals surface area contributed by atoms with Crippen molar-refractivity contribution in [3.63, 3.8) is 0 Å². The van der Waals surface area contributed by atoms with Gasteiger partial charge >= 0.3 is 6.18 Å². The molecule has 0 atom stereocenters. The summed E-state index contributed by atoms with van der Waals surface area (Å²) >= 11 is 10.8. The molecule has 0 amide bonds. The first-order chi connectivity index (χ1) is 11.2. The van der Waals surface area contributed by atoms with E-state index >= 15 is 0 Å². The standard InChI is InChI=1S/C17H16ClF3N2S/c1-10-3-5-13(7-11(10)2)23-16(24)22-9-12-4-6-15(18)14(8-12)17(19,20)21/h3-8H,9H2,1-2H3,(H2,22,23,24). The molecular weight excluding hydrogens is 357 g/mol. The van der Waals surface area contributed by atoms with Crippen molar-refractivity contribution >= 4 is 34.6 Å². The summed E-state index contributed by atoms with van der Waals surface area (Å²) in [6, 6.07) is 9.60. The molecule has 2 N–H and O–H groups in total. The molecule has 0 saturated carbocycles. The Bertz CT molecular complexity index is 760. The van der Waals surface area contributed by atoms with Crippen molar-refractivity contribution in [3.8, 4) is 0 Å². The van der Waals surface area contributed by atoms with Crippen molar-refractivity contribution in [2.45, 2.75) is 26.6 Å². The number of hydrogen-bond donors (Lipinski definition) is 2. The van der Waals surface area contributed by atoms with Crippen LogP contribution in [0.15, 0.2) is 36.4 Å². The van der Waals surface area contributed by atoms with Crippen LogP contribution < -0.4 is 10.6 Å². The molecule has 0 aliphatic carbocycles. The molecule has 0 spiro atoms. The maximum atomic E-state index is 12.8.